The van der Waals surface area contributed by atoms with Gasteiger partial charge >= 0.3 is 0 Å². The van der Waals surface area contributed by atoms with Gasteiger partial charge in [0.1, 0.15) is 5.75 Å². The summed E-state index contributed by atoms with van der Waals surface area (Å²) < 4.78 is 7.06. The van der Waals surface area contributed by atoms with Crippen molar-refractivity contribution >= 4 is 37.6 Å². The molecule has 0 unspecified atom stereocenters. The molecule has 0 spiro atoms. The summed E-state index contributed by atoms with van der Waals surface area (Å²) in [5.41, 5.74) is 2.76. The molecule has 2 rings (SSSR count). The largest absolute Gasteiger partial charge is 0.496 e. The summed E-state index contributed by atoms with van der Waals surface area (Å²) >= 11 is 6.87. The number of methoxy groups -OCH3 is 1. The van der Waals surface area contributed by atoms with Crippen molar-refractivity contribution < 1.29 is 9.53 Å². The Hall–Kier alpha value is -1.13. The third-order valence-electron chi connectivity index (χ3n) is 3.06. The zero-order valence-electron chi connectivity index (χ0n) is 11.2. The Balaban J connectivity index is 2.19. The molecule has 0 saturated heterocycles. The van der Waals surface area contributed by atoms with E-state index in [0.717, 1.165) is 31.4 Å². The highest BCUT2D eigenvalue weighted by Gasteiger charge is 2.10. The van der Waals surface area contributed by atoms with Crippen LogP contribution in [-0.2, 0) is 6.42 Å². The summed E-state index contributed by atoms with van der Waals surface area (Å²) in [5.74, 6) is 0.873. The molecule has 20 heavy (non-hydrogen) atoms. The Morgan fingerprint density at radius 2 is 1.85 bits per heavy atom. The van der Waals surface area contributed by atoms with Crippen LogP contribution in [0.4, 0.5) is 0 Å². The molecule has 0 N–H and O–H groups in total. The lowest BCUT2D eigenvalue weighted by atomic mass is 10.0. The summed E-state index contributed by atoms with van der Waals surface area (Å²) in [5, 5.41) is 0. The second-order valence-corrected chi connectivity index (χ2v) is 6.24. The Bertz CT molecular complexity index is 651. The van der Waals surface area contributed by atoms with Crippen LogP contribution >= 0.6 is 31.9 Å². The Morgan fingerprint density at radius 3 is 2.45 bits per heavy atom. The second kappa shape index (κ2) is 6.55. The van der Waals surface area contributed by atoms with Gasteiger partial charge in [0.05, 0.1) is 11.6 Å². The minimum absolute atomic E-state index is 0.109. The molecular formula is C16H14Br2O2. The highest BCUT2D eigenvalue weighted by molar-refractivity contribution is 9.10. The molecule has 0 radical (unpaired) electrons. The smallest absolute Gasteiger partial charge is 0.167 e. The van der Waals surface area contributed by atoms with Crippen LogP contribution < -0.4 is 4.74 Å². The lowest BCUT2D eigenvalue weighted by Crippen LogP contribution is -2.04. The minimum atomic E-state index is 0.109. The lowest BCUT2D eigenvalue weighted by Gasteiger charge is -2.07. The average Bonchev–Trinajstić information content (AvgIpc) is 2.42. The molecule has 0 aliphatic rings. The number of hydrogen-bond donors (Lipinski definition) is 0. The third kappa shape index (κ3) is 3.49. The third-order valence-corrected chi connectivity index (χ3v) is 4.57. The molecule has 0 aliphatic carbocycles. The topological polar surface area (TPSA) is 26.3 Å². The SMILES string of the molecule is COc1ccc(CC(=O)c2ccc(Br)c(C)c2)cc1Br. The van der Waals surface area contributed by atoms with Gasteiger partial charge in [-0.2, -0.15) is 0 Å². The molecular weight excluding hydrogens is 384 g/mol. The van der Waals surface area contributed by atoms with E-state index in [1.807, 2.05) is 43.3 Å². The van der Waals surface area contributed by atoms with E-state index in [-0.39, 0.29) is 5.78 Å². The maximum absolute atomic E-state index is 12.3. The summed E-state index contributed by atoms with van der Waals surface area (Å²) in [6.45, 7) is 1.98. The highest BCUT2D eigenvalue weighted by Crippen LogP contribution is 2.26. The van der Waals surface area contributed by atoms with E-state index in [4.69, 9.17) is 4.74 Å². The van der Waals surface area contributed by atoms with Gasteiger partial charge in [0.2, 0.25) is 0 Å². The molecule has 2 aromatic carbocycles. The predicted molar refractivity (Wildman–Crippen MR) is 87.6 cm³/mol. The lowest BCUT2D eigenvalue weighted by molar-refractivity contribution is 0.0993. The van der Waals surface area contributed by atoms with Gasteiger partial charge in [-0.3, -0.25) is 4.79 Å². The van der Waals surface area contributed by atoms with Crippen LogP contribution in [0, 0.1) is 6.92 Å². The number of carbonyl (C=O) groups excluding carboxylic acids is 1. The molecule has 0 fully saturated rings. The number of aryl methyl sites for hydroxylation is 1. The molecule has 0 saturated carbocycles. The molecule has 0 aliphatic heterocycles. The summed E-state index contributed by atoms with van der Waals surface area (Å²) in [4.78, 5) is 12.3. The monoisotopic (exact) mass is 396 g/mol. The fraction of sp³-hybridized carbons (Fsp3) is 0.188. The van der Waals surface area contributed by atoms with Gasteiger partial charge in [-0.05, 0) is 58.2 Å². The van der Waals surface area contributed by atoms with Crippen molar-refractivity contribution in [2.24, 2.45) is 0 Å². The van der Waals surface area contributed by atoms with Crippen molar-refractivity contribution in [3.8, 4) is 5.75 Å². The Morgan fingerprint density at radius 1 is 1.10 bits per heavy atom. The molecule has 0 atom stereocenters. The van der Waals surface area contributed by atoms with Gasteiger partial charge in [0.15, 0.2) is 5.78 Å². The van der Waals surface area contributed by atoms with Crippen molar-refractivity contribution in [2.75, 3.05) is 7.11 Å². The van der Waals surface area contributed by atoms with Gasteiger partial charge in [-0.1, -0.05) is 28.1 Å². The van der Waals surface area contributed by atoms with Crippen LogP contribution in [0.25, 0.3) is 0 Å². The highest BCUT2D eigenvalue weighted by atomic mass is 79.9. The van der Waals surface area contributed by atoms with Crippen molar-refractivity contribution in [3.63, 3.8) is 0 Å². The molecule has 2 nitrogen and oxygen atoms in total. The van der Waals surface area contributed by atoms with Crippen LogP contribution in [-0.4, -0.2) is 12.9 Å². The van der Waals surface area contributed by atoms with Gasteiger partial charge in [-0.25, -0.2) is 0 Å². The molecule has 4 heteroatoms. The Kier molecular flexibility index (Phi) is 5.00. The van der Waals surface area contributed by atoms with E-state index >= 15 is 0 Å². The fourth-order valence-corrected chi connectivity index (χ4v) is 2.76. The zero-order chi connectivity index (χ0) is 14.7. The van der Waals surface area contributed by atoms with E-state index in [0.29, 0.717) is 6.42 Å². The first kappa shape index (κ1) is 15.3. The first-order chi connectivity index (χ1) is 9.51. The molecule has 0 heterocycles. The quantitative estimate of drug-likeness (QED) is 0.682. The first-order valence-corrected chi connectivity index (χ1v) is 7.71. The predicted octanol–water partition coefficient (Wildman–Crippen LogP) is 4.95. The summed E-state index contributed by atoms with van der Waals surface area (Å²) in [7, 11) is 1.62. The number of rotatable bonds is 4. The van der Waals surface area contributed by atoms with E-state index in [2.05, 4.69) is 31.9 Å². The van der Waals surface area contributed by atoms with Crippen molar-refractivity contribution in [1.29, 1.82) is 0 Å². The number of benzene rings is 2. The molecule has 2 aromatic rings. The van der Waals surface area contributed by atoms with Gasteiger partial charge < -0.3 is 4.74 Å². The van der Waals surface area contributed by atoms with E-state index in [9.17, 15) is 4.79 Å². The van der Waals surface area contributed by atoms with Crippen molar-refractivity contribution in [2.45, 2.75) is 13.3 Å². The summed E-state index contributed by atoms with van der Waals surface area (Å²) in [6.07, 6.45) is 0.379. The standard InChI is InChI=1S/C16H14Br2O2/c1-10-7-12(4-5-13(10)17)15(19)9-11-3-6-16(20-2)14(18)8-11/h3-8H,9H2,1-2H3. The molecule has 104 valence electrons. The Labute approximate surface area is 135 Å². The number of ether oxygens (including phenoxy) is 1. The van der Waals surface area contributed by atoms with Gasteiger partial charge in [0, 0.05) is 16.5 Å². The first-order valence-electron chi connectivity index (χ1n) is 6.13. The average molecular weight is 398 g/mol. The van der Waals surface area contributed by atoms with E-state index in [1.165, 1.54) is 0 Å². The molecule has 0 bridgehead atoms. The van der Waals surface area contributed by atoms with Crippen LogP contribution in [0.15, 0.2) is 45.3 Å². The van der Waals surface area contributed by atoms with Crippen LogP contribution in [0.1, 0.15) is 21.5 Å². The fourth-order valence-electron chi connectivity index (χ4n) is 1.93. The van der Waals surface area contributed by atoms with Gasteiger partial charge in [-0.15, -0.1) is 0 Å². The number of ketones is 1. The van der Waals surface area contributed by atoms with Crippen LogP contribution in [0.2, 0.25) is 0 Å². The normalized spacial score (nSPS) is 10.4. The van der Waals surface area contributed by atoms with Crippen molar-refractivity contribution in [3.05, 3.63) is 62.0 Å². The van der Waals surface area contributed by atoms with Crippen LogP contribution in [0.5, 0.6) is 5.75 Å². The van der Waals surface area contributed by atoms with Crippen molar-refractivity contribution in [1.82, 2.24) is 0 Å². The zero-order valence-corrected chi connectivity index (χ0v) is 14.4. The maximum Gasteiger partial charge on any atom is 0.167 e. The minimum Gasteiger partial charge on any atom is -0.496 e. The van der Waals surface area contributed by atoms with E-state index in [1.54, 1.807) is 7.11 Å². The summed E-state index contributed by atoms with van der Waals surface area (Å²) in [6, 6.07) is 11.4. The van der Waals surface area contributed by atoms with Crippen LogP contribution in [0.3, 0.4) is 0 Å². The van der Waals surface area contributed by atoms with E-state index < -0.39 is 0 Å². The number of Topliss-reactive ketones (excluding diaryl/α,β-unsaturated/α-hetero) is 1. The van der Waals surface area contributed by atoms with Gasteiger partial charge in [0.25, 0.3) is 0 Å². The number of halogens is 2. The maximum atomic E-state index is 12.3. The molecule has 0 aromatic heterocycles. The molecule has 0 amide bonds. The number of carbonyl (C=O) groups is 1. The number of hydrogen-bond acceptors (Lipinski definition) is 2. The second-order valence-electron chi connectivity index (χ2n) is 4.53.